The SMILES string of the molecule is O=S(=O)(Nc1ccc2cc(Cl)ccc2n1)c1cccnc1. The number of anilines is 1. The molecule has 21 heavy (non-hydrogen) atoms. The van der Waals surface area contributed by atoms with Crippen LogP contribution in [-0.2, 0) is 10.0 Å². The lowest BCUT2D eigenvalue weighted by Crippen LogP contribution is -2.14. The van der Waals surface area contributed by atoms with Crippen LogP contribution in [0.2, 0.25) is 5.02 Å². The number of sulfonamides is 1. The molecule has 0 aliphatic carbocycles. The summed E-state index contributed by atoms with van der Waals surface area (Å²) in [4.78, 5) is 8.14. The highest BCUT2D eigenvalue weighted by molar-refractivity contribution is 7.92. The number of nitrogens with zero attached hydrogens (tertiary/aromatic N) is 2. The van der Waals surface area contributed by atoms with Gasteiger partial charge in [0.05, 0.1) is 5.52 Å². The Hall–Kier alpha value is -2.18. The Morgan fingerprint density at radius 3 is 2.71 bits per heavy atom. The normalized spacial score (nSPS) is 11.5. The van der Waals surface area contributed by atoms with E-state index in [4.69, 9.17) is 11.6 Å². The Morgan fingerprint density at radius 1 is 1.10 bits per heavy atom. The van der Waals surface area contributed by atoms with Crippen molar-refractivity contribution >= 4 is 38.3 Å². The molecule has 0 aliphatic heterocycles. The Balaban J connectivity index is 1.97. The van der Waals surface area contributed by atoms with Gasteiger partial charge in [-0.05, 0) is 42.5 Å². The van der Waals surface area contributed by atoms with Crippen LogP contribution in [0.15, 0.2) is 59.8 Å². The first-order valence-electron chi connectivity index (χ1n) is 6.04. The summed E-state index contributed by atoms with van der Waals surface area (Å²) in [5.41, 5.74) is 0.658. The van der Waals surface area contributed by atoms with E-state index in [0.29, 0.717) is 10.5 Å². The van der Waals surface area contributed by atoms with Gasteiger partial charge in [0, 0.05) is 22.8 Å². The number of nitrogens with one attached hydrogen (secondary N) is 1. The second-order valence-corrected chi connectivity index (χ2v) is 6.45. The van der Waals surface area contributed by atoms with E-state index >= 15 is 0 Å². The van der Waals surface area contributed by atoms with E-state index in [1.165, 1.54) is 18.5 Å². The van der Waals surface area contributed by atoms with Gasteiger partial charge in [-0.25, -0.2) is 13.4 Å². The van der Waals surface area contributed by atoms with E-state index in [1.807, 2.05) is 0 Å². The third-order valence-corrected chi connectivity index (χ3v) is 4.41. The number of hydrogen-bond acceptors (Lipinski definition) is 4. The van der Waals surface area contributed by atoms with E-state index in [9.17, 15) is 8.42 Å². The van der Waals surface area contributed by atoms with Crippen molar-refractivity contribution in [3.05, 3.63) is 59.9 Å². The number of rotatable bonds is 3. The molecule has 0 atom stereocenters. The molecule has 0 unspecified atom stereocenters. The van der Waals surface area contributed by atoms with E-state index in [2.05, 4.69) is 14.7 Å². The van der Waals surface area contributed by atoms with Gasteiger partial charge >= 0.3 is 0 Å². The van der Waals surface area contributed by atoms with Crippen molar-refractivity contribution in [2.24, 2.45) is 0 Å². The van der Waals surface area contributed by atoms with Crippen LogP contribution < -0.4 is 4.72 Å². The van der Waals surface area contributed by atoms with Gasteiger partial charge < -0.3 is 0 Å². The molecule has 2 aromatic heterocycles. The third-order valence-electron chi connectivity index (χ3n) is 2.83. The van der Waals surface area contributed by atoms with E-state index < -0.39 is 10.0 Å². The molecule has 3 rings (SSSR count). The van der Waals surface area contributed by atoms with E-state index in [0.717, 1.165) is 5.39 Å². The fourth-order valence-corrected chi connectivity index (χ4v) is 3.00. The van der Waals surface area contributed by atoms with Crippen LogP contribution in [-0.4, -0.2) is 18.4 Å². The minimum absolute atomic E-state index is 0.0861. The summed E-state index contributed by atoms with van der Waals surface area (Å²) in [5.74, 6) is 0.244. The molecule has 2 heterocycles. The predicted molar refractivity (Wildman–Crippen MR) is 81.8 cm³/mol. The Bertz CT molecular complexity index is 898. The zero-order chi connectivity index (χ0) is 14.9. The first kappa shape index (κ1) is 13.8. The smallest absolute Gasteiger partial charge is 0.263 e. The molecule has 7 heteroatoms. The molecular weight excluding hydrogens is 310 g/mol. The van der Waals surface area contributed by atoms with Gasteiger partial charge in [0.1, 0.15) is 10.7 Å². The lowest BCUT2D eigenvalue weighted by molar-refractivity contribution is 0.600. The third kappa shape index (κ3) is 2.96. The molecular formula is C14H10ClN3O2S. The number of hydrogen-bond donors (Lipinski definition) is 1. The van der Waals surface area contributed by atoms with E-state index in [-0.39, 0.29) is 10.7 Å². The van der Waals surface area contributed by atoms with Gasteiger partial charge in [0.2, 0.25) is 0 Å². The van der Waals surface area contributed by atoms with Crippen LogP contribution in [0.3, 0.4) is 0 Å². The minimum atomic E-state index is -3.69. The molecule has 106 valence electrons. The zero-order valence-electron chi connectivity index (χ0n) is 10.7. The second-order valence-electron chi connectivity index (χ2n) is 4.33. The summed E-state index contributed by atoms with van der Waals surface area (Å²) in [6.07, 6.45) is 2.79. The first-order valence-corrected chi connectivity index (χ1v) is 7.90. The fourth-order valence-electron chi connectivity index (χ4n) is 1.86. The monoisotopic (exact) mass is 319 g/mol. The summed E-state index contributed by atoms with van der Waals surface area (Å²) >= 11 is 5.90. The maximum Gasteiger partial charge on any atom is 0.264 e. The van der Waals surface area contributed by atoms with Gasteiger partial charge in [0.15, 0.2) is 0 Å². The topological polar surface area (TPSA) is 72.0 Å². The molecule has 0 saturated carbocycles. The maximum atomic E-state index is 12.2. The van der Waals surface area contributed by atoms with E-state index in [1.54, 1.807) is 36.4 Å². The largest absolute Gasteiger partial charge is 0.264 e. The summed E-state index contributed by atoms with van der Waals surface area (Å²) in [6.45, 7) is 0. The van der Waals surface area contributed by atoms with Crippen molar-refractivity contribution in [3.63, 3.8) is 0 Å². The van der Waals surface area contributed by atoms with Crippen LogP contribution in [0.4, 0.5) is 5.82 Å². The molecule has 0 bridgehead atoms. The molecule has 1 N–H and O–H groups in total. The van der Waals surface area contributed by atoms with Crippen molar-refractivity contribution in [1.29, 1.82) is 0 Å². The molecule has 0 aliphatic rings. The molecule has 5 nitrogen and oxygen atoms in total. The predicted octanol–water partition coefficient (Wildman–Crippen LogP) is 3.08. The number of benzene rings is 1. The molecule has 0 saturated heterocycles. The highest BCUT2D eigenvalue weighted by atomic mass is 35.5. The number of aromatic nitrogens is 2. The molecule has 0 radical (unpaired) electrons. The van der Waals surface area contributed by atoms with Gasteiger partial charge in [-0.1, -0.05) is 11.6 Å². The van der Waals surface area contributed by atoms with Crippen molar-refractivity contribution < 1.29 is 8.42 Å². The maximum absolute atomic E-state index is 12.2. The Morgan fingerprint density at radius 2 is 1.95 bits per heavy atom. The summed E-state index contributed by atoms with van der Waals surface area (Å²) in [7, 11) is -3.69. The minimum Gasteiger partial charge on any atom is -0.263 e. The molecule has 0 amide bonds. The number of halogens is 1. The van der Waals surface area contributed by atoms with Crippen LogP contribution in [0.25, 0.3) is 10.9 Å². The van der Waals surface area contributed by atoms with Crippen molar-refractivity contribution in [2.45, 2.75) is 4.90 Å². The lowest BCUT2D eigenvalue weighted by Gasteiger charge is -2.07. The fraction of sp³-hybridized carbons (Fsp3) is 0. The summed E-state index contributed by atoms with van der Waals surface area (Å²) in [6, 6.07) is 11.6. The quantitative estimate of drug-likeness (QED) is 0.805. The average Bonchev–Trinajstić information content (AvgIpc) is 2.48. The molecule has 0 spiro atoms. The first-order chi connectivity index (χ1) is 10.0. The number of pyridine rings is 2. The molecule has 3 aromatic rings. The van der Waals surface area contributed by atoms with Crippen molar-refractivity contribution in [3.8, 4) is 0 Å². The molecule has 0 fully saturated rings. The van der Waals surface area contributed by atoms with Gasteiger partial charge in [-0.2, -0.15) is 0 Å². The van der Waals surface area contributed by atoms with Crippen LogP contribution in [0, 0.1) is 0 Å². The Labute approximate surface area is 126 Å². The summed E-state index contributed by atoms with van der Waals surface area (Å²) in [5, 5.41) is 1.44. The van der Waals surface area contributed by atoms with Gasteiger partial charge in [0.25, 0.3) is 10.0 Å². The molecule has 1 aromatic carbocycles. The van der Waals surface area contributed by atoms with Gasteiger partial charge in [-0.3, -0.25) is 9.71 Å². The van der Waals surface area contributed by atoms with Crippen LogP contribution in [0.5, 0.6) is 0 Å². The van der Waals surface area contributed by atoms with Crippen molar-refractivity contribution in [2.75, 3.05) is 4.72 Å². The summed E-state index contributed by atoms with van der Waals surface area (Å²) < 4.78 is 26.8. The Kier molecular flexibility index (Phi) is 3.48. The van der Waals surface area contributed by atoms with Crippen LogP contribution in [0.1, 0.15) is 0 Å². The van der Waals surface area contributed by atoms with Crippen molar-refractivity contribution in [1.82, 2.24) is 9.97 Å². The highest BCUT2D eigenvalue weighted by Crippen LogP contribution is 2.21. The van der Waals surface area contributed by atoms with Gasteiger partial charge in [-0.15, -0.1) is 0 Å². The van der Waals surface area contributed by atoms with Crippen LogP contribution >= 0.6 is 11.6 Å². The number of fused-ring (bicyclic) bond motifs is 1. The highest BCUT2D eigenvalue weighted by Gasteiger charge is 2.14. The second kappa shape index (κ2) is 5.31. The lowest BCUT2D eigenvalue weighted by atomic mass is 10.2. The standard InChI is InChI=1S/C14H10ClN3O2S/c15-11-4-5-13-10(8-11)3-6-14(17-13)18-21(19,20)12-2-1-7-16-9-12/h1-9H,(H,17,18). The zero-order valence-corrected chi connectivity index (χ0v) is 12.3. The average molecular weight is 320 g/mol.